The van der Waals surface area contributed by atoms with E-state index in [0.29, 0.717) is 0 Å². The SMILES string of the molecule is COc1ccc([N+](=O)[O-])cc1NC(=O)C(C)OC(=O)CSc1nc2ccccc2s1. The van der Waals surface area contributed by atoms with Crippen LogP contribution in [0.3, 0.4) is 0 Å². The zero-order chi connectivity index (χ0) is 21.7. The van der Waals surface area contributed by atoms with Crippen LogP contribution in [0.2, 0.25) is 0 Å². The quantitative estimate of drug-likeness (QED) is 0.239. The molecule has 0 radical (unpaired) electrons. The van der Waals surface area contributed by atoms with Crippen molar-refractivity contribution < 1.29 is 24.0 Å². The first kappa shape index (κ1) is 21.5. The minimum absolute atomic E-state index is 0.00241. The zero-order valence-corrected chi connectivity index (χ0v) is 17.6. The summed E-state index contributed by atoms with van der Waals surface area (Å²) in [5.74, 6) is -0.962. The van der Waals surface area contributed by atoms with Crippen LogP contribution in [0.25, 0.3) is 10.2 Å². The molecule has 0 aliphatic heterocycles. The van der Waals surface area contributed by atoms with E-state index in [4.69, 9.17) is 9.47 Å². The van der Waals surface area contributed by atoms with Crippen LogP contribution >= 0.6 is 23.1 Å². The molecular weight excluding hydrogens is 430 g/mol. The van der Waals surface area contributed by atoms with Gasteiger partial charge in [-0.1, -0.05) is 23.9 Å². The number of amides is 1. The Hall–Kier alpha value is -3.18. The van der Waals surface area contributed by atoms with Crippen LogP contribution < -0.4 is 10.1 Å². The number of nitro groups is 1. The highest BCUT2D eigenvalue weighted by molar-refractivity contribution is 8.01. The van der Waals surface area contributed by atoms with Gasteiger partial charge in [0, 0.05) is 12.1 Å². The number of nitrogens with one attached hydrogen (secondary N) is 1. The number of hydrogen-bond acceptors (Lipinski definition) is 9. The summed E-state index contributed by atoms with van der Waals surface area (Å²) in [5, 5.41) is 13.4. The number of hydrogen-bond donors (Lipinski definition) is 1. The fourth-order valence-electron chi connectivity index (χ4n) is 2.46. The van der Waals surface area contributed by atoms with E-state index in [1.165, 1.54) is 55.3 Å². The molecule has 9 nitrogen and oxygen atoms in total. The second-order valence-corrected chi connectivity index (χ2v) is 8.25. The monoisotopic (exact) mass is 447 g/mol. The average Bonchev–Trinajstić information content (AvgIpc) is 3.15. The Morgan fingerprint density at radius 2 is 2.07 bits per heavy atom. The van der Waals surface area contributed by atoms with Crippen molar-refractivity contribution in [2.75, 3.05) is 18.2 Å². The average molecular weight is 447 g/mol. The Kier molecular flexibility index (Phi) is 6.85. The molecule has 1 heterocycles. The molecule has 0 aliphatic rings. The molecule has 0 bridgehead atoms. The van der Waals surface area contributed by atoms with Gasteiger partial charge in [0.25, 0.3) is 11.6 Å². The van der Waals surface area contributed by atoms with E-state index < -0.39 is 22.9 Å². The number of carbonyl (C=O) groups excluding carboxylic acids is 2. The molecule has 1 N–H and O–H groups in total. The van der Waals surface area contributed by atoms with Gasteiger partial charge < -0.3 is 14.8 Å². The first-order valence-corrected chi connectivity index (χ1v) is 10.5. The maximum Gasteiger partial charge on any atom is 0.317 e. The number of esters is 1. The molecule has 156 valence electrons. The molecule has 11 heteroatoms. The molecular formula is C19H17N3O6S2. The van der Waals surface area contributed by atoms with Crippen LogP contribution in [-0.2, 0) is 14.3 Å². The largest absolute Gasteiger partial charge is 0.495 e. The van der Waals surface area contributed by atoms with Gasteiger partial charge in [-0.25, -0.2) is 4.98 Å². The molecule has 0 saturated carbocycles. The summed E-state index contributed by atoms with van der Waals surface area (Å²) in [4.78, 5) is 39.2. The maximum absolute atomic E-state index is 12.4. The van der Waals surface area contributed by atoms with E-state index >= 15 is 0 Å². The topological polar surface area (TPSA) is 121 Å². The molecule has 0 fully saturated rings. The van der Waals surface area contributed by atoms with E-state index in [-0.39, 0.29) is 22.9 Å². The van der Waals surface area contributed by atoms with E-state index in [0.717, 1.165) is 14.6 Å². The standard InChI is InChI=1S/C19H17N3O6S2/c1-11(18(24)20-14-9-12(22(25)26)7-8-15(14)27-2)28-17(23)10-29-19-21-13-5-3-4-6-16(13)30-19/h3-9,11H,10H2,1-2H3,(H,20,24). The first-order valence-electron chi connectivity index (χ1n) is 8.68. The molecule has 30 heavy (non-hydrogen) atoms. The van der Waals surface area contributed by atoms with Gasteiger partial charge in [-0.05, 0) is 25.1 Å². The lowest BCUT2D eigenvalue weighted by Crippen LogP contribution is -2.30. The number of nitrogens with zero attached hydrogens (tertiary/aromatic N) is 2. The Bertz CT molecular complexity index is 1070. The summed E-state index contributed by atoms with van der Waals surface area (Å²) in [6, 6.07) is 11.5. The fourth-order valence-corrected chi connectivity index (χ4v) is 4.31. The summed E-state index contributed by atoms with van der Waals surface area (Å²) in [7, 11) is 1.37. The summed E-state index contributed by atoms with van der Waals surface area (Å²) in [6.07, 6.45) is -1.10. The van der Waals surface area contributed by atoms with Gasteiger partial charge in [-0.15, -0.1) is 11.3 Å². The van der Waals surface area contributed by atoms with Gasteiger partial charge in [0.2, 0.25) is 0 Å². The number of methoxy groups -OCH3 is 1. The van der Waals surface area contributed by atoms with Gasteiger partial charge >= 0.3 is 5.97 Å². The minimum Gasteiger partial charge on any atom is -0.495 e. The summed E-state index contributed by atoms with van der Waals surface area (Å²) >= 11 is 2.70. The van der Waals surface area contributed by atoms with E-state index in [9.17, 15) is 19.7 Å². The lowest BCUT2D eigenvalue weighted by Gasteiger charge is -2.15. The number of anilines is 1. The number of nitro benzene ring substituents is 1. The number of ether oxygens (including phenoxy) is 2. The van der Waals surface area contributed by atoms with Crippen molar-refractivity contribution in [1.29, 1.82) is 0 Å². The van der Waals surface area contributed by atoms with Crippen molar-refractivity contribution in [3.8, 4) is 5.75 Å². The Morgan fingerprint density at radius 1 is 1.30 bits per heavy atom. The van der Waals surface area contributed by atoms with Crippen LogP contribution in [0.5, 0.6) is 5.75 Å². The number of para-hydroxylation sites is 1. The highest BCUT2D eigenvalue weighted by Crippen LogP contribution is 2.30. The summed E-state index contributed by atoms with van der Waals surface area (Å²) in [5.41, 5.74) is 0.767. The third-order valence-corrected chi connectivity index (χ3v) is 6.07. The van der Waals surface area contributed by atoms with Crippen molar-refractivity contribution >= 4 is 56.6 Å². The fraction of sp³-hybridized carbons (Fsp3) is 0.211. The zero-order valence-electron chi connectivity index (χ0n) is 16.0. The van der Waals surface area contributed by atoms with Crippen molar-refractivity contribution in [2.45, 2.75) is 17.4 Å². The number of benzene rings is 2. The summed E-state index contributed by atoms with van der Waals surface area (Å²) in [6.45, 7) is 1.42. The molecule has 1 atom stereocenters. The van der Waals surface area contributed by atoms with Gasteiger partial charge in [-0.2, -0.15) is 0 Å². The van der Waals surface area contributed by atoms with Gasteiger partial charge in [0.05, 0.1) is 33.7 Å². The molecule has 0 saturated heterocycles. The van der Waals surface area contributed by atoms with E-state index in [1.54, 1.807) is 0 Å². The number of aromatic nitrogens is 1. The van der Waals surface area contributed by atoms with Crippen LogP contribution in [-0.4, -0.2) is 40.8 Å². The van der Waals surface area contributed by atoms with Gasteiger partial charge in [0.1, 0.15) is 5.75 Å². The van der Waals surface area contributed by atoms with Crippen LogP contribution in [0.4, 0.5) is 11.4 Å². The number of fused-ring (bicyclic) bond motifs is 1. The first-order chi connectivity index (χ1) is 14.4. The molecule has 0 aliphatic carbocycles. The maximum atomic E-state index is 12.4. The van der Waals surface area contributed by atoms with Crippen LogP contribution in [0.15, 0.2) is 46.8 Å². The van der Waals surface area contributed by atoms with Crippen molar-refractivity contribution in [2.24, 2.45) is 0 Å². The van der Waals surface area contributed by atoms with E-state index in [1.807, 2.05) is 24.3 Å². The third-order valence-electron chi connectivity index (χ3n) is 3.92. The molecule has 1 aromatic heterocycles. The van der Waals surface area contributed by atoms with Crippen molar-refractivity contribution in [3.05, 3.63) is 52.6 Å². The smallest absolute Gasteiger partial charge is 0.317 e. The molecule has 1 unspecified atom stereocenters. The second kappa shape index (κ2) is 9.55. The number of rotatable bonds is 8. The summed E-state index contributed by atoms with van der Waals surface area (Å²) < 4.78 is 12.0. The normalized spacial score (nSPS) is 11.7. The van der Waals surface area contributed by atoms with E-state index in [2.05, 4.69) is 10.3 Å². The number of thiazole rings is 1. The Balaban J connectivity index is 1.56. The Morgan fingerprint density at radius 3 is 2.77 bits per heavy atom. The van der Waals surface area contributed by atoms with Crippen LogP contribution in [0, 0.1) is 10.1 Å². The lowest BCUT2D eigenvalue weighted by atomic mass is 10.2. The van der Waals surface area contributed by atoms with Crippen molar-refractivity contribution in [3.63, 3.8) is 0 Å². The van der Waals surface area contributed by atoms with Crippen molar-refractivity contribution in [1.82, 2.24) is 4.98 Å². The molecule has 3 rings (SSSR count). The van der Waals surface area contributed by atoms with Gasteiger partial charge in [-0.3, -0.25) is 19.7 Å². The molecule has 3 aromatic rings. The number of thioether (sulfide) groups is 1. The molecule has 0 spiro atoms. The Labute approximate surface area is 179 Å². The minimum atomic E-state index is -1.10. The van der Waals surface area contributed by atoms with Gasteiger partial charge in [0.15, 0.2) is 10.4 Å². The highest BCUT2D eigenvalue weighted by atomic mass is 32.2. The third kappa shape index (κ3) is 5.24. The van der Waals surface area contributed by atoms with Crippen LogP contribution in [0.1, 0.15) is 6.92 Å². The predicted octanol–water partition coefficient (Wildman–Crippen LogP) is 3.88. The highest BCUT2D eigenvalue weighted by Gasteiger charge is 2.21. The number of non-ortho nitro benzene ring substituents is 1. The molecule has 1 amide bonds. The molecule has 2 aromatic carbocycles. The predicted molar refractivity (Wildman–Crippen MR) is 114 cm³/mol. The lowest BCUT2D eigenvalue weighted by molar-refractivity contribution is -0.384. The number of carbonyl (C=O) groups is 2. The second-order valence-electron chi connectivity index (χ2n) is 6.00.